The van der Waals surface area contributed by atoms with Crippen LogP contribution >= 0.6 is 0 Å². The summed E-state index contributed by atoms with van der Waals surface area (Å²) in [5.41, 5.74) is 0.173. The van der Waals surface area contributed by atoms with E-state index in [1.807, 2.05) is 11.1 Å². The number of hydrogen-bond donors (Lipinski definition) is 1. The highest BCUT2D eigenvalue weighted by Gasteiger charge is 2.18. The topological polar surface area (TPSA) is 121 Å². The number of nitrogens with zero attached hydrogens (tertiary/aromatic N) is 5. The van der Waals surface area contributed by atoms with Gasteiger partial charge in [-0.1, -0.05) is 0 Å². The third-order valence-electron chi connectivity index (χ3n) is 5.29. The molecule has 168 valence electrons. The molecule has 0 amide bonds. The van der Waals surface area contributed by atoms with Gasteiger partial charge in [0, 0.05) is 34.3 Å². The van der Waals surface area contributed by atoms with Crippen LogP contribution in [-0.4, -0.2) is 74.2 Å². The van der Waals surface area contributed by atoms with Gasteiger partial charge >= 0.3 is 11.7 Å². The molecule has 0 saturated carbocycles. The maximum absolute atomic E-state index is 12.5. The van der Waals surface area contributed by atoms with Gasteiger partial charge in [0.1, 0.15) is 6.61 Å². The van der Waals surface area contributed by atoms with E-state index in [2.05, 4.69) is 4.98 Å². The van der Waals surface area contributed by atoms with E-state index < -0.39 is 17.2 Å². The van der Waals surface area contributed by atoms with Crippen LogP contribution in [0, 0.1) is 0 Å². The molecule has 3 heterocycles. The van der Waals surface area contributed by atoms with E-state index in [1.54, 1.807) is 30.9 Å². The van der Waals surface area contributed by atoms with Crippen LogP contribution in [0.5, 0.6) is 0 Å². The molecule has 0 aliphatic carbocycles. The SMILES string of the molecule is COC(CO)CCN1C=CC=C(C(=O)OCCn2cnc3c2c(=O)n(C)c(=O)n3C)C1. The molecular weight excluding hydrogens is 406 g/mol. The van der Waals surface area contributed by atoms with E-state index in [0.29, 0.717) is 25.1 Å². The maximum atomic E-state index is 12.5. The summed E-state index contributed by atoms with van der Waals surface area (Å²) in [6.07, 6.45) is 7.19. The van der Waals surface area contributed by atoms with Gasteiger partial charge in [0.15, 0.2) is 11.2 Å². The number of carbonyl (C=O) groups excluding carboxylic acids is 1. The third kappa shape index (κ3) is 4.78. The number of fused-ring (bicyclic) bond motifs is 1. The number of aliphatic hydroxyl groups excluding tert-OH is 1. The number of aryl methyl sites for hydroxylation is 1. The number of ether oxygens (including phenoxy) is 2. The number of aromatic nitrogens is 4. The molecule has 0 saturated heterocycles. The van der Waals surface area contributed by atoms with Gasteiger partial charge in [-0.05, 0) is 24.8 Å². The van der Waals surface area contributed by atoms with Gasteiger partial charge in [0.25, 0.3) is 5.56 Å². The molecule has 0 fully saturated rings. The molecule has 1 atom stereocenters. The molecule has 11 heteroatoms. The van der Waals surface area contributed by atoms with Gasteiger partial charge in [-0.3, -0.25) is 13.9 Å². The van der Waals surface area contributed by atoms with Crippen molar-refractivity contribution in [3.05, 3.63) is 51.1 Å². The van der Waals surface area contributed by atoms with Gasteiger partial charge in [0.05, 0.1) is 31.2 Å². The highest BCUT2D eigenvalue weighted by Crippen LogP contribution is 2.12. The van der Waals surface area contributed by atoms with Crippen LogP contribution in [0.25, 0.3) is 11.2 Å². The predicted molar refractivity (Wildman–Crippen MR) is 112 cm³/mol. The van der Waals surface area contributed by atoms with Crippen molar-refractivity contribution < 1.29 is 19.4 Å². The molecule has 0 radical (unpaired) electrons. The molecule has 3 rings (SSSR count). The van der Waals surface area contributed by atoms with Crippen molar-refractivity contribution in [2.45, 2.75) is 19.1 Å². The first-order chi connectivity index (χ1) is 14.9. The number of carbonyl (C=O) groups is 1. The third-order valence-corrected chi connectivity index (χ3v) is 5.29. The Labute approximate surface area is 178 Å². The first kappa shape index (κ1) is 22.5. The summed E-state index contributed by atoms with van der Waals surface area (Å²) in [7, 11) is 4.51. The minimum atomic E-state index is -0.452. The lowest BCUT2D eigenvalue weighted by atomic mass is 10.1. The summed E-state index contributed by atoms with van der Waals surface area (Å²) in [5.74, 6) is -0.440. The lowest BCUT2D eigenvalue weighted by molar-refractivity contribution is -0.139. The number of rotatable bonds is 9. The fourth-order valence-electron chi connectivity index (χ4n) is 3.38. The Morgan fingerprint density at radius 3 is 2.74 bits per heavy atom. The molecule has 0 aromatic carbocycles. The van der Waals surface area contributed by atoms with E-state index in [4.69, 9.17) is 9.47 Å². The summed E-state index contributed by atoms with van der Waals surface area (Å²) >= 11 is 0. The number of methoxy groups -OCH3 is 1. The standard InChI is InChI=1S/C20H27N5O6/c1-22-17-16(18(27)23(2)20(22)29)25(13-21-17)9-10-31-19(28)14-5-4-7-24(11-14)8-6-15(12-26)30-3/h4-5,7,13,15,26H,6,8-12H2,1-3H3. The van der Waals surface area contributed by atoms with E-state index >= 15 is 0 Å². The van der Waals surface area contributed by atoms with Crippen LogP contribution in [0.4, 0.5) is 0 Å². The van der Waals surface area contributed by atoms with Gasteiger partial charge in [-0.15, -0.1) is 0 Å². The van der Waals surface area contributed by atoms with Gasteiger partial charge in [-0.2, -0.15) is 0 Å². The molecule has 1 aliphatic heterocycles. The van der Waals surface area contributed by atoms with E-state index in [0.717, 1.165) is 4.57 Å². The molecule has 0 bridgehead atoms. The highest BCUT2D eigenvalue weighted by atomic mass is 16.5. The molecule has 2 aromatic rings. The lowest BCUT2D eigenvalue weighted by Crippen LogP contribution is -2.37. The Hall–Kier alpha value is -3.18. The summed E-state index contributed by atoms with van der Waals surface area (Å²) < 4.78 is 14.4. The minimum Gasteiger partial charge on any atom is -0.460 e. The van der Waals surface area contributed by atoms with Gasteiger partial charge < -0.3 is 24.0 Å². The summed E-state index contributed by atoms with van der Waals surface area (Å²) in [5, 5.41) is 9.21. The number of allylic oxidation sites excluding steroid dienone is 2. The van der Waals surface area contributed by atoms with Crippen LogP contribution in [0.1, 0.15) is 6.42 Å². The smallest absolute Gasteiger partial charge is 0.335 e. The molecule has 1 N–H and O–H groups in total. The second-order valence-electron chi connectivity index (χ2n) is 7.28. The van der Waals surface area contributed by atoms with Crippen molar-refractivity contribution in [3.63, 3.8) is 0 Å². The zero-order chi connectivity index (χ0) is 22.5. The van der Waals surface area contributed by atoms with Crippen molar-refractivity contribution in [2.24, 2.45) is 14.1 Å². The summed E-state index contributed by atoms with van der Waals surface area (Å²) in [4.78, 5) is 43.0. The normalized spacial score (nSPS) is 14.7. The predicted octanol–water partition coefficient (Wildman–Crippen LogP) is -0.870. The van der Waals surface area contributed by atoms with E-state index in [-0.39, 0.29) is 37.0 Å². The second-order valence-corrected chi connectivity index (χ2v) is 7.28. The minimum absolute atomic E-state index is 0.0492. The molecule has 2 aromatic heterocycles. The Bertz CT molecular complexity index is 1120. The zero-order valence-corrected chi connectivity index (χ0v) is 17.9. The zero-order valence-electron chi connectivity index (χ0n) is 17.9. The summed E-state index contributed by atoms with van der Waals surface area (Å²) in [6.45, 7) is 1.25. The van der Waals surface area contributed by atoms with Crippen molar-refractivity contribution in [1.29, 1.82) is 0 Å². The number of hydrogen-bond acceptors (Lipinski definition) is 8. The molecule has 1 aliphatic rings. The van der Waals surface area contributed by atoms with Crippen molar-refractivity contribution in [1.82, 2.24) is 23.6 Å². The van der Waals surface area contributed by atoms with Crippen LogP contribution in [-0.2, 0) is 34.9 Å². The Morgan fingerprint density at radius 2 is 2.03 bits per heavy atom. The highest BCUT2D eigenvalue weighted by molar-refractivity contribution is 5.89. The van der Waals surface area contributed by atoms with E-state index in [9.17, 15) is 19.5 Å². The van der Waals surface area contributed by atoms with Crippen LogP contribution < -0.4 is 11.2 Å². The van der Waals surface area contributed by atoms with Gasteiger partial charge in [-0.25, -0.2) is 14.6 Å². The Balaban J connectivity index is 1.58. The lowest BCUT2D eigenvalue weighted by Gasteiger charge is -2.25. The molecule has 31 heavy (non-hydrogen) atoms. The number of aliphatic hydroxyl groups is 1. The van der Waals surface area contributed by atoms with Crippen LogP contribution in [0.3, 0.4) is 0 Å². The fourth-order valence-corrected chi connectivity index (χ4v) is 3.38. The average Bonchev–Trinajstić information content (AvgIpc) is 3.21. The van der Waals surface area contributed by atoms with E-state index in [1.165, 1.54) is 17.9 Å². The van der Waals surface area contributed by atoms with Gasteiger partial charge in [0.2, 0.25) is 0 Å². The Kier molecular flexibility index (Phi) is 7.08. The maximum Gasteiger partial charge on any atom is 0.335 e. The molecule has 1 unspecified atom stereocenters. The largest absolute Gasteiger partial charge is 0.460 e. The molecule has 11 nitrogen and oxygen atoms in total. The average molecular weight is 433 g/mol. The monoisotopic (exact) mass is 433 g/mol. The second kappa shape index (κ2) is 9.75. The Morgan fingerprint density at radius 1 is 1.26 bits per heavy atom. The number of imidazole rings is 1. The molecular formula is C20H27N5O6. The van der Waals surface area contributed by atoms with Crippen molar-refractivity contribution in [3.8, 4) is 0 Å². The summed E-state index contributed by atoms with van der Waals surface area (Å²) in [6, 6.07) is 0. The first-order valence-corrected chi connectivity index (χ1v) is 9.90. The number of esters is 1. The van der Waals surface area contributed by atoms with Crippen molar-refractivity contribution >= 4 is 17.1 Å². The molecule has 0 spiro atoms. The van der Waals surface area contributed by atoms with Crippen LogP contribution in [0.15, 0.2) is 39.8 Å². The van der Waals surface area contributed by atoms with Crippen LogP contribution in [0.2, 0.25) is 0 Å². The quantitative estimate of drug-likeness (QED) is 0.507. The first-order valence-electron chi connectivity index (χ1n) is 9.90. The van der Waals surface area contributed by atoms with Crippen molar-refractivity contribution in [2.75, 3.05) is 33.4 Å². The fraction of sp³-hybridized carbons (Fsp3) is 0.500.